The number of fused-ring (bicyclic) bond motifs is 7. The molecule has 0 amide bonds. The monoisotopic (exact) mass is 440 g/mol. The normalized spacial score (nSPS) is 56.9. The maximum Gasteiger partial charge on any atom is 0.138 e. The molecule has 1 N–H and O–H groups in total. The van der Waals surface area contributed by atoms with Gasteiger partial charge in [-0.2, -0.15) is 0 Å². The Hall–Kier alpha value is -0.630. The Morgan fingerprint density at radius 3 is 2.34 bits per heavy atom. The first-order valence-corrected chi connectivity index (χ1v) is 13.6. The Balaban J connectivity index is 1.59. The summed E-state index contributed by atoms with van der Waals surface area (Å²) in [6.07, 6.45) is 11.2. The lowest BCUT2D eigenvalue weighted by atomic mass is 9.31. The lowest BCUT2D eigenvalue weighted by Crippen LogP contribution is -2.69. The van der Waals surface area contributed by atoms with Crippen molar-refractivity contribution >= 4 is 5.78 Å². The molecule has 5 rings (SSSR count). The Labute approximate surface area is 197 Å². The molecule has 0 saturated heterocycles. The van der Waals surface area contributed by atoms with Crippen LogP contribution in [0.1, 0.15) is 107 Å². The molecule has 0 aliphatic heterocycles. The van der Waals surface area contributed by atoms with Crippen LogP contribution in [0.15, 0.2) is 11.6 Å². The van der Waals surface area contributed by atoms with E-state index in [9.17, 15) is 9.90 Å². The zero-order valence-electron chi connectivity index (χ0n) is 22.1. The van der Waals surface area contributed by atoms with E-state index in [1.165, 1.54) is 32.1 Å². The Kier molecular flexibility index (Phi) is 4.87. The molecule has 4 saturated carbocycles. The van der Waals surface area contributed by atoms with Crippen LogP contribution in [-0.4, -0.2) is 17.0 Å². The van der Waals surface area contributed by atoms with Gasteiger partial charge in [0.05, 0.1) is 6.10 Å². The second-order valence-corrected chi connectivity index (χ2v) is 14.6. The number of Topliss-reactive ketones (excluding diaryl/α,β-unsaturated/α-hetero) is 1. The highest BCUT2D eigenvalue weighted by Gasteiger charge is 2.71. The number of rotatable bonds is 0. The molecule has 1 unspecified atom stereocenters. The maximum absolute atomic E-state index is 12.9. The molecule has 0 aromatic carbocycles. The van der Waals surface area contributed by atoms with E-state index in [0.717, 1.165) is 24.7 Å². The number of allylic oxidation sites excluding steroid dienone is 2. The molecule has 0 aromatic heterocycles. The molecule has 5 aliphatic rings. The third kappa shape index (κ3) is 2.60. The van der Waals surface area contributed by atoms with Crippen molar-refractivity contribution in [3.8, 4) is 0 Å². The summed E-state index contributed by atoms with van der Waals surface area (Å²) >= 11 is 0. The first-order valence-electron chi connectivity index (χ1n) is 13.6. The number of hydrogen-bond acceptors (Lipinski definition) is 2. The second-order valence-electron chi connectivity index (χ2n) is 14.6. The number of aliphatic hydroxyl groups excluding tert-OH is 1. The zero-order valence-corrected chi connectivity index (χ0v) is 22.1. The van der Waals surface area contributed by atoms with Crippen molar-refractivity contribution in [2.45, 2.75) is 113 Å². The summed E-state index contributed by atoms with van der Waals surface area (Å²) in [5, 5.41) is 11.7. The van der Waals surface area contributed by atoms with Gasteiger partial charge in [-0.3, -0.25) is 4.79 Å². The fourth-order valence-electron chi connectivity index (χ4n) is 11.3. The summed E-state index contributed by atoms with van der Waals surface area (Å²) in [6, 6.07) is 0. The van der Waals surface area contributed by atoms with Gasteiger partial charge in [0.1, 0.15) is 5.78 Å². The van der Waals surface area contributed by atoms with Gasteiger partial charge in [0.15, 0.2) is 0 Å². The SMILES string of the molecule is CC1=CC[C@]2(C)CC[C@]3(C)[C@H](CC[C@@H]4[C@@]5(C)CCC(=O)C(C)(C)C5[C@H](O)C[C@]43C)[C@H]2[C@@H]1C. The lowest BCUT2D eigenvalue weighted by molar-refractivity contribution is -0.261. The van der Waals surface area contributed by atoms with Crippen molar-refractivity contribution < 1.29 is 9.90 Å². The van der Waals surface area contributed by atoms with Crippen molar-refractivity contribution in [1.29, 1.82) is 0 Å². The summed E-state index contributed by atoms with van der Waals surface area (Å²) in [4.78, 5) is 12.9. The molecule has 180 valence electrons. The summed E-state index contributed by atoms with van der Waals surface area (Å²) < 4.78 is 0. The van der Waals surface area contributed by atoms with Gasteiger partial charge in [-0.05, 0) is 97.2 Å². The average molecular weight is 441 g/mol. The van der Waals surface area contributed by atoms with Gasteiger partial charge >= 0.3 is 0 Å². The van der Waals surface area contributed by atoms with Crippen LogP contribution in [0.4, 0.5) is 0 Å². The van der Waals surface area contributed by atoms with E-state index in [2.05, 4.69) is 61.5 Å². The quantitative estimate of drug-likeness (QED) is 0.404. The van der Waals surface area contributed by atoms with Crippen LogP contribution in [0.25, 0.3) is 0 Å². The van der Waals surface area contributed by atoms with E-state index >= 15 is 0 Å². The van der Waals surface area contributed by atoms with Crippen LogP contribution in [0.2, 0.25) is 0 Å². The molecule has 0 bridgehead atoms. The van der Waals surface area contributed by atoms with E-state index in [4.69, 9.17) is 0 Å². The average Bonchev–Trinajstić information content (AvgIpc) is 2.69. The first-order chi connectivity index (χ1) is 14.7. The fraction of sp³-hybridized carbons (Fsp3) is 0.900. The van der Waals surface area contributed by atoms with Gasteiger partial charge in [0.2, 0.25) is 0 Å². The van der Waals surface area contributed by atoms with Crippen LogP contribution in [0.3, 0.4) is 0 Å². The highest BCUT2D eigenvalue weighted by molar-refractivity contribution is 5.85. The van der Waals surface area contributed by atoms with Gasteiger partial charge in [-0.1, -0.05) is 60.1 Å². The van der Waals surface area contributed by atoms with Crippen LogP contribution in [0, 0.1) is 56.7 Å². The van der Waals surface area contributed by atoms with Crippen molar-refractivity contribution in [1.82, 2.24) is 0 Å². The molecule has 4 fully saturated rings. The van der Waals surface area contributed by atoms with Gasteiger partial charge in [0, 0.05) is 17.8 Å². The highest BCUT2D eigenvalue weighted by Crippen LogP contribution is 2.76. The van der Waals surface area contributed by atoms with Gasteiger partial charge in [0.25, 0.3) is 0 Å². The third-order valence-corrected chi connectivity index (χ3v) is 13.2. The number of carbonyl (C=O) groups is 1. The van der Waals surface area contributed by atoms with Crippen molar-refractivity contribution in [2.75, 3.05) is 0 Å². The largest absolute Gasteiger partial charge is 0.393 e. The third-order valence-electron chi connectivity index (χ3n) is 13.2. The molecule has 2 heteroatoms. The molecule has 0 spiro atoms. The molecule has 0 radical (unpaired) electrons. The Morgan fingerprint density at radius 1 is 0.969 bits per heavy atom. The van der Waals surface area contributed by atoms with Gasteiger partial charge in [-0.15, -0.1) is 0 Å². The summed E-state index contributed by atoms with van der Waals surface area (Å²) in [7, 11) is 0. The molecular weight excluding hydrogens is 392 g/mol. The number of carbonyl (C=O) groups excluding carboxylic acids is 1. The summed E-state index contributed by atoms with van der Waals surface area (Å²) in [5.74, 6) is 3.25. The van der Waals surface area contributed by atoms with E-state index in [1.807, 2.05) is 0 Å². The smallest absolute Gasteiger partial charge is 0.138 e. The predicted octanol–water partition coefficient (Wildman–Crippen LogP) is 7.20. The van der Waals surface area contributed by atoms with E-state index in [1.54, 1.807) is 5.57 Å². The van der Waals surface area contributed by atoms with E-state index < -0.39 is 5.41 Å². The standard InChI is InChI=1S/C30H48O2/c1-18-11-13-27(5)15-16-29(7)20(24(27)19(18)2)9-10-22-28(6)14-12-23(32)26(3,4)25(28)21(31)17-30(22,29)8/h11,19-22,24-25,31H,9-10,12-17H2,1-8H3/t19-,20-,21-,22-,24-,25?,27-,28-,29-,30-/m1/s1. The Morgan fingerprint density at radius 2 is 1.66 bits per heavy atom. The molecular formula is C30H48O2. The summed E-state index contributed by atoms with van der Waals surface area (Å²) in [5.41, 5.74) is 2.11. The number of aliphatic hydroxyl groups is 1. The van der Waals surface area contributed by atoms with Crippen LogP contribution in [-0.2, 0) is 4.79 Å². The van der Waals surface area contributed by atoms with Gasteiger partial charge in [-0.25, -0.2) is 0 Å². The predicted molar refractivity (Wildman–Crippen MR) is 131 cm³/mol. The molecule has 5 aliphatic carbocycles. The van der Waals surface area contributed by atoms with Crippen molar-refractivity contribution in [3.63, 3.8) is 0 Å². The molecule has 32 heavy (non-hydrogen) atoms. The van der Waals surface area contributed by atoms with Crippen LogP contribution >= 0.6 is 0 Å². The molecule has 2 nitrogen and oxygen atoms in total. The highest BCUT2D eigenvalue weighted by atomic mass is 16.3. The van der Waals surface area contributed by atoms with Gasteiger partial charge < -0.3 is 5.11 Å². The number of ketones is 1. The fourth-order valence-corrected chi connectivity index (χ4v) is 11.3. The van der Waals surface area contributed by atoms with E-state index in [0.29, 0.717) is 29.5 Å². The van der Waals surface area contributed by atoms with E-state index in [-0.39, 0.29) is 28.3 Å². The second kappa shape index (κ2) is 6.73. The number of hydrogen-bond donors (Lipinski definition) is 1. The molecule has 0 heterocycles. The van der Waals surface area contributed by atoms with Crippen molar-refractivity contribution in [2.24, 2.45) is 56.7 Å². The lowest BCUT2D eigenvalue weighted by Gasteiger charge is -2.73. The minimum absolute atomic E-state index is 0.0621. The summed E-state index contributed by atoms with van der Waals surface area (Å²) in [6.45, 7) is 19.3. The van der Waals surface area contributed by atoms with Crippen LogP contribution < -0.4 is 0 Å². The van der Waals surface area contributed by atoms with Crippen LogP contribution in [0.5, 0.6) is 0 Å². The minimum atomic E-state index is -0.406. The molecule has 0 aromatic rings. The maximum atomic E-state index is 12.9. The topological polar surface area (TPSA) is 37.3 Å². The molecule has 10 atom stereocenters. The van der Waals surface area contributed by atoms with Crippen molar-refractivity contribution in [3.05, 3.63) is 11.6 Å². The Bertz CT molecular complexity index is 855. The zero-order chi connectivity index (χ0) is 23.5. The minimum Gasteiger partial charge on any atom is -0.393 e. The first kappa shape index (κ1) is 23.1.